The summed E-state index contributed by atoms with van der Waals surface area (Å²) in [5.74, 6) is -0.972. The minimum atomic E-state index is -1.65. The van der Waals surface area contributed by atoms with Crippen LogP contribution >= 0.6 is 0 Å². The lowest BCUT2D eigenvalue weighted by molar-refractivity contribution is 0.0610. The first-order chi connectivity index (χ1) is 18.6. The van der Waals surface area contributed by atoms with Crippen LogP contribution in [0.5, 0.6) is 0 Å². The van der Waals surface area contributed by atoms with Crippen molar-refractivity contribution in [2.75, 3.05) is 6.54 Å². The van der Waals surface area contributed by atoms with Crippen molar-refractivity contribution in [1.29, 1.82) is 0 Å². The van der Waals surface area contributed by atoms with Crippen LogP contribution in [-0.4, -0.2) is 32.8 Å². The van der Waals surface area contributed by atoms with Gasteiger partial charge < -0.3 is 4.57 Å². The van der Waals surface area contributed by atoms with Gasteiger partial charge in [-0.2, -0.15) is 0 Å². The molecule has 38 heavy (non-hydrogen) atoms. The highest BCUT2D eigenvalue weighted by atomic mass is 19.1. The number of aromatic nitrogens is 2. The maximum Gasteiger partial charge on any atom is 0.261 e. The Morgan fingerprint density at radius 3 is 1.53 bits per heavy atom. The molecule has 2 heterocycles. The highest BCUT2D eigenvalue weighted by Gasteiger charge is 2.40. The maximum atomic E-state index is 15.7. The molecule has 4 aromatic carbocycles. The highest BCUT2D eigenvalue weighted by Crippen LogP contribution is 2.41. The standard InChI is InChI=1S/C32H24FN3O2/c33-28(20-36-30(37)26-18-10-11-19-27(26)31(36)38)29-21-35(22-34-29)32(23-12-4-1-5-13-23,24-14-6-2-7-15-24)25-16-8-3-9-17-25/h1-19,21-22,28H,20H2. The van der Waals surface area contributed by atoms with Crippen LogP contribution in [0.4, 0.5) is 4.39 Å². The number of alkyl halides is 1. The van der Waals surface area contributed by atoms with Crippen molar-refractivity contribution in [2.24, 2.45) is 0 Å². The first kappa shape index (κ1) is 23.6. The summed E-state index contributed by atoms with van der Waals surface area (Å²) in [5, 5.41) is 0. The Morgan fingerprint density at radius 1 is 0.658 bits per heavy atom. The first-order valence-corrected chi connectivity index (χ1v) is 12.4. The van der Waals surface area contributed by atoms with Crippen molar-refractivity contribution < 1.29 is 14.0 Å². The number of fused-ring (bicyclic) bond motifs is 1. The Bertz CT molecular complexity index is 1470. The SMILES string of the molecule is O=C1c2ccccc2C(=O)N1CC(F)c1cn(C(c2ccccc2)(c2ccccc2)c2ccccc2)cn1. The lowest BCUT2D eigenvalue weighted by atomic mass is 9.77. The van der Waals surface area contributed by atoms with Crippen molar-refractivity contribution in [2.45, 2.75) is 11.7 Å². The van der Waals surface area contributed by atoms with E-state index in [1.807, 2.05) is 95.6 Å². The molecule has 186 valence electrons. The lowest BCUT2D eigenvalue weighted by Crippen LogP contribution is -2.37. The van der Waals surface area contributed by atoms with E-state index in [4.69, 9.17) is 0 Å². The number of benzene rings is 4. The molecular weight excluding hydrogens is 477 g/mol. The fraction of sp³-hybridized carbons (Fsp3) is 0.0938. The Labute approximate surface area is 219 Å². The third-order valence-electron chi connectivity index (χ3n) is 7.11. The number of hydrogen-bond donors (Lipinski definition) is 0. The van der Waals surface area contributed by atoms with Crippen LogP contribution in [0.2, 0.25) is 0 Å². The van der Waals surface area contributed by atoms with Crippen LogP contribution in [0.15, 0.2) is 128 Å². The second-order valence-electron chi connectivity index (χ2n) is 9.25. The van der Waals surface area contributed by atoms with Crippen LogP contribution in [-0.2, 0) is 5.54 Å². The van der Waals surface area contributed by atoms with Crippen molar-refractivity contribution in [3.8, 4) is 0 Å². The predicted molar refractivity (Wildman–Crippen MR) is 142 cm³/mol. The van der Waals surface area contributed by atoms with E-state index in [0.29, 0.717) is 11.1 Å². The first-order valence-electron chi connectivity index (χ1n) is 12.4. The van der Waals surface area contributed by atoms with Crippen molar-refractivity contribution >= 4 is 11.8 Å². The third kappa shape index (κ3) is 3.73. The van der Waals surface area contributed by atoms with E-state index < -0.39 is 30.1 Å². The molecule has 1 atom stereocenters. The van der Waals surface area contributed by atoms with E-state index >= 15 is 4.39 Å². The molecule has 2 amide bonds. The molecule has 6 rings (SSSR count). The van der Waals surface area contributed by atoms with Crippen LogP contribution < -0.4 is 0 Å². The van der Waals surface area contributed by atoms with Gasteiger partial charge in [-0.25, -0.2) is 9.37 Å². The van der Waals surface area contributed by atoms with E-state index in [1.165, 1.54) is 0 Å². The normalized spacial score (nSPS) is 14.0. The van der Waals surface area contributed by atoms with Gasteiger partial charge in [-0.05, 0) is 28.8 Å². The number of amides is 2. The van der Waals surface area contributed by atoms with E-state index in [2.05, 4.69) is 4.98 Å². The Hall–Kier alpha value is -4.84. The Kier molecular flexibility index (Phi) is 5.92. The molecule has 5 aromatic rings. The number of imidazole rings is 1. The molecule has 5 nitrogen and oxygen atoms in total. The summed E-state index contributed by atoms with van der Waals surface area (Å²) in [4.78, 5) is 31.0. The van der Waals surface area contributed by atoms with Gasteiger partial charge >= 0.3 is 0 Å². The molecule has 0 spiro atoms. The third-order valence-corrected chi connectivity index (χ3v) is 7.11. The zero-order valence-electron chi connectivity index (χ0n) is 20.4. The second-order valence-corrected chi connectivity index (χ2v) is 9.25. The molecule has 1 aliphatic rings. The number of rotatable bonds is 7. The van der Waals surface area contributed by atoms with Gasteiger partial charge in [-0.1, -0.05) is 103 Å². The van der Waals surface area contributed by atoms with Crippen molar-refractivity contribution in [1.82, 2.24) is 14.5 Å². The quantitative estimate of drug-likeness (QED) is 0.202. The van der Waals surface area contributed by atoms with Gasteiger partial charge in [0.15, 0.2) is 6.17 Å². The van der Waals surface area contributed by atoms with Gasteiger partial charge in [0, 0.05) is 6.20 Å². The maximum absolute atomic E-state index is 15.7. The number of halogens is 1. The predicted octanol–water partition coefficient (Wildman–Crippen LogP) is 6.03. The largest absolute Gasteiger partial charge is 0.319 e. The summed E-state index contributed by atoms with van der Waals surface area (Å²) in [6, 6.07) is 36.6. The molecule has 1 aromatic heterocycles. The summed E-state index contributed by atoms with van der Waals surface area (Å²) in [6.07, 6.45) is 1.64. The Balaban J connectivity index is 1.43. The monoisotopic (exact) mass is 501 g/mol. The minimum absolute atomic E-state index is 0.147. The zero-order valence-corrected chi connectivity index (χ0v) is 20.4. The van der Waals surface area contributed by atoms with Crippen molar-refractivity contribution in [3.05, 3.63) is 161 Å². The highest BCUT2D eigenvalue weighted by molar-refractivity contribution is 6.21. The molecule has 0 saturated heterocycles. The summed E-state index contributed by atoms with van der Waals surface area (Å²) in [6.45, 7) is -0.404. The number of carbonyl (C=O) groups is 2. The van der Waals surface area contributed by atoms with Gasteiger partial charge in [0.25, 0.3) is 11.8 Å². The molecule has 6 heteroatoms. The van der Waals surface area contributed by atoms with Gasteiger partial charge in [0.2, 0.25) is 0 Å². The smallest absolute Gasteiger partial charge is 0.261 e. The summed E-state index contributed by atoms with van der Waals surface area (Å²) in [7, 11) is 0. The summed E-state index contributed by atoms with van der Waals surface area (Å²) in [5.41, 5.74) is 2.86. The second kappa shape index (κ2) is 9.56. The van der Waals surface area contributed by atoms with E-state index in [9.17, 15) is 9.59 Å². The van der Waals surface area contributed by atoms with Crippen LogP contribution in [0, 0.1) is 0 Å². The molecule has 0 fully saturated rings. The van der Waals surface area contributed by atoms with Crippen LogP contribution in [0.3, 0.4) is 0 Å². The fourth-order valence-corrected chi connectivity index (χ4v) is 5.33. The molecular formula is C32H24FN3O2. The van der Waals surface area contributed by atoms with Gasteiger partial charge in [0.1, 0.15) is 5.54 Å². The molecule has 0 N–H and O–H groups in total. The molecule has 0 saturated carbocycles. The number of imide groups is 1. The number of nitrogens with zero attached hydrogens (tertiary/aromatic N) is 3. The lowest BCUT2D eigenvalue weighted by Gasteiger charge is -2.37. The topological polar surface area (TPSA) is 55.2 Å². The number of hydrogen-bond acceptors (Lipinski definition) is 3. The minimum Gasteiger partial charge on any atom is -0.319 e. The van der Waals surface area contributed by atoms with Crippen LogP contribution in [0.1, 0.15) is 49.3 Å². The van der Waals surface area contributed by atoms with Gasteiger partial charge in [0.05, 0.1) is 29.7 Å². The fourth-order valence-electron chi connectivity index (χ4n) is 5.33. The Morgan fingerprint density at radius 2 is 1.08 bits per heavy atom. The average molecular weight is 502 g/mol. The van der Waals surface area contributed by atoms with Gasteiger partial charge in [-0.15, -0.1) is 0 Å². The van der Waals surface area contributed by atoms with E-state index in [0.717, 1.165) is 21.6 Å². The number of carbonyl (C=O) groups excluding carboxylic acids is 2. The molecule has 0 aliphatic carbocycles. The summed E-state index contributed by atoms with van der Waals surface area (Å²) < 4.78 is 17.7. The van der Waals surface area contributed by atoms with Crippen LogP contribution in [0.25, 0.3) is 0 Å². The summed E-state index contributed by atoms with van der Waals surface area (Å²) >= 11 is 0. The molecule has 0 bridgehead atoms. The molecule has 0 radical (unpaired) electrons. The zero-order chi connectivity index (χ0) is 26.1. The molecule has 1 aliphatic heterocycles. The molecule has 1 unspecified atom stereocenters. The van der Waals surface area contributed by atoms with E-state index in [1.54, 1.807) is 36.8 Å². The van der Waals surface area contributed by atoms with E-state index in [-0.39, 0.29) is 5.69 Å². The average Bonchev–Trinajstić information content (AvgIpc) is 3.56. The van der Waals surface area contributed by atoms with Gasteiger partial charge in [-0.3, -0.25) is 14.5 Å². The van der Waals surface area contributed by atoms with Crippen molar-refractivity contribution in [3.63, 3.8) is 0 Å².